The number of imidazole rings is 1. The molecule has 1 aliphatic heterocycles. The fourth-order valence-electron chi connectivity index (χ4n) is 3.49. The number of aromatic nitrogens is 2. The van der Waals surface area contributed by atoms with Crippen LogP contribution >= 0.6 is 24.0 Å². The number of nitrogens with one attached hydrogen (secondary N) is 1. The summed E-state index contributed by atoms with van der Waals surface area (Å²) in [6.45, 7) is 8.51. The van der Waals surface area contributed by atoms with Gasteiger partial charge in [0, 0.05) is 38.6 Å². The summed E-state index contributed by atoms with van der Waals surface area (Å²) in [5.41, 5.74) is 0. The van der Waals surface area contributed by atoms with Crippen molar-refractivity contribution < 1.29 is 0 Å². The van der Waals surface area contributed by atoms with Crippen molar-refractivity contribution in [3.63, 3.8) is 0 Å². The summed E-state index contributed by atoms with van der Waals surface area (Å²) in [6.07, 6.45) is 12.6. The molecule has 1 N–H and O–H groups in total. The van der Waals surface area contributed by atoms with E-state index in [1.54, 1.807) is 0 Å². The van der Waals surface area contributed by atoms with Gasteiger partial charge >= 0.3 is 0 Å². The van der Waals surface area contributed by atoms with Crippen molar-refractivity contribution in [3.05, 3.63) is 18.7 Å². The maximum absolute atomic E-state index is 4.88. The summed E-state index contributed by atoms with van der Waals surface area (Å²) in [5, 5.41) is 3.49. The molecular weight excluding hydrogens is 413 g/mol. The molecule has 2 unspecified atom stereocenters. The van der Waals surface area contributed by atoms with Gasteiger partial charge in [-0.15, -0.1) is 24.0 Å². The fraction of sp³-hybridized carbons (Fsp3) is 0.778. The van der Waals surface area contributed by atoms with Crippen molar-refractivity contribution in [2.45, 2.75) is 52.0 Å². The molecule has 5 nitrogen and oxygen atoms in total. The van der Waals surface area contributed by atoms with Crippen molar-refractivity contribution in [3.8, 4) is 0 Å². The molecule has 136 valence electrons. The molecule has 1 aromatic rings. The summed E-state index contributed by atoms with van der Waals surface area (Å²) < 4.78 is 2.26. The van der Waals surface area contributed by atoms with Gasteiger partial charge in [0.2, 0.25) is 0 Å². The number of piperidine rings is 1. The Hall–Kier alpha value is -0.790. The normalized spacial score (nSPS) is 24.6. The first kappa shape index (κ1) is 19.5. The second kappa shape index (κ2) is 9.63. The van der Waals surface area contributed by atoms with Crippen LogP contribution in [-0.4, -0.2) is 46.6 Å². The van der Waals surface area contributed by atoms with Crippen LogP contribution in [0.15, 0.2) is 23.7 Å². The number of rotatable bonds is 6. The summed E-state index contributed by atoms with van der Waals surface area (Å²) in [6, 6.07) is 0.488. The van der Waals surface area contributed by atoms with Gasteiger partial charge in [-0.25, -0.2) is 4.98 Å². The Kier molecular flexibility index (Phi) is 7.84. The number of halogens is 1. The molecule has 0 aromatic carbocycles. The minimum Gasteiger partial charge on any atom is -0.357 e. The van der Waals surface area contributed by atoms with Crippen LogP contribution in [0.4, 0.5) is 0 Å². The van der Waals surface area contributed by atoms with Crippen LogP contribution < -0.4 is 5.32 Å². The molecule has 1 aromatic heterocycles. The van der Waals surface area contributed by atoms with Crippen LogP contribution in [0.3, 0.4) is 0 Å². The lowest BCUT2D eigenvalue weighted by Gasteiger charge is -2.39. The minimum atomic E-state index is 0. The average Bonchev–Trinajstić information content (AvgIpc) is 3.22. The molecule has 1 saturated carbocycles. The third-order valence-corrected chi connectivity index (χ3v) is 5.19. The molecule has 2 aliphatic rings. The zero-order chi connectivity index (χ0) is 16.1. The third kappa shape index (κ3) is 5.36. The predicted octanol–water partition coefficient (Wildman–Crippen LogP) is 3.54. The van der Waals surface area contributed by atoms with Crippen LogP contribution in [-0.2, 0) is 0 Å². The number of hydrogen-bond acceptors (Lipinski definition) is 2. The van der Waals surface area contributed by atoms with Gasteiger partial charge in [0.15, 0.2) is 5.96 Å². The van der Waals surface area contributed by atoms with E-state index in [9.17, 15) is 0 Å². The van der Waals surface area contributed by atoms with Crippen molar-refractivity contribution in [1.29, 1.82) is 0 Å². The summed E-state index contributed by atoms with van der Waals surface area (Å²) >= 11 is 0. The quantitative estimate of drug-likeness (QED) is 0.315. The van der Waals surface area contributed by atoms with E-state index in [1.807, 2.05) is 12.5 Å². The lowest BCUT2D eigenvalue weighted by atomic mass is 9.93. The molecule has 2 atom stereocenters. The van der Waals surface area contributed by atoms with Gasteiger partial charge in [-0.3, -0.25) is 4.99 Å². The van der Waals surface area contributed by atoms with E-state index >= 15 is 0 Å². The molecule has 2 heterocycles. The Morgan fingerprint density at radius 2 is 2.17 bits per heavy atom. The van der Waals surface area contributed by atoms with Crippen molar-refractivity contribution in [2.75, 3.05) is 26.2 Å². The highest BCUT2D eigenvalue weighted by Crippen LogP contribution is 2.33. The monoisotopic (exact) mass is 445 g/mol. The van der Waals surface area contributed by atoms with Gasteiger partial charge in [0.25, 0.3) is 0 Å². The fourth-order valence-corrected chi connectivity index (χ4v) is 3.49. The lowest BCUT2D eigenvalue weighted by molar-refractivity contribution is 0.189. The highest BCUT2D eigenvalue weighted by atomic mass is 127. The summed E-state index contributed by atoms with van der Waals surface area (Å²) in [7, 11) is 0. The number of likely N-dealkylation sites (tertiary alicyclic amines) is 1. The third-order valence-electron chi connectivity index (χ3n) is 5.19. The molecule has 0 amide bonds. The number of hydrogen-bond donors (Lipinski definition) is 1. The van der Waals surface area contributed by atoms with Crippen molar-refractivity contribution in [2.24, 2.45) is 16.8 Å². The molecule has 3 rings (SSSR count). The molecule has 1 saturated heterocycles. The maximum atomic E-state index is 4.88. The van der Waals surface area contributed by atoms with Gasteiger partial charge < -0.3 is 14.8 Å². The van der Waals surface area contributed by atoms with Gasteiger partial charge in [0.05, 0.1) is 12.4 Å². The second-order valence-corrected chi connectivity index (χ2v) is 7.11. The van der Waals surface area contributed by atoms with Gasteiger partial charge in [0.1, 0.15) is 0 Å². The Morgan fingerprint density at radius 3 is 2.83 bits per heavy atom. The zero-order valence-electron chi connectivity index (χ0n) is 15.0. The molecule has 0 spiro atoms. The smallest absolute Gasteiger partial charge is 0.193 e. The van der Waals surface area contributed by atoms with Crippen LogP contribution in [0.5, 0.6) is 0 Å². The van der Waals surface area contributed by atoms with Crippen LogP contribution in [0.2, 0.25) is 0 Å². The number of nitrogens with zero attached hydrogens (tertiary/aromatic N) is 4. The first-order valence-corrected chi connectivity index (χ1v) is 9.28. The maximum Gasteiger partial charge on any atom is 0.193 e. The highest BCUT2D eigenvalue weighted by molar-refractivity contribution is 14.0. The summed E-state index contributed by atoms with van der Waals surface area (Å²) in [5.74, 6) is 2.78. The largest absolute Gasteiger partial charge is 0.357 e. The second-order valence-electron chi connectivity index (χ2n) is 7.11. The topological polar surface area (TPSA) is 45.5 Å². The van der Waals surface area contributed by atoms with E-state index in [0.29, 0.717) is 12.0 Å². The summed E-state index contributed by atoms with van der Waals surface area (Å²) in [4.78, 5) is 11.5. The van der Waals surface area contributed by atoms with E-state index in [4.69, 9.17) is 4.99 Å². The van der Waals surface area contributed by atoms with E-state index in [-0.39, 0.29) is 24.0 Å². The van der Waals surface area contributed by atoms with Gasteiger partial charge in [-0.2, -0.15) is 0 Å². The Morgan fingerprint density at radius 1 is 1.33 bits per heavy atom. The van der Waals surface area contributed by atoms with Crippen LogP contribution in [0.25, 0.3) is 0 Å². The minimum absolute atomic E-state index is 0. The standard InChI is InChI=1S/C18H31N5.HI/c1-3-20-18(21-9-4-5-16-6-7-16)22-11-8-15(2)17(13-22)23-12-10-19-14-23;/h10,12,14-17H,3-9,11,13H2,1-2H3,(H,20,21);1H. The average molecular weight is 445 g/mol. The molecule has 1 aliphatic carbocycles. The Balaban J connectivity index is 0.00000208. The lowest BCUT2D eigenvalue weighted by Crippen LogP contribution is -2.49. The molecule has 0 bridgehead atoms. The zero-order valence-corrected chi connectivity index (χ0v) is 17.4. The Labute approximate surface area is 163 Å². The number of aliphatic imine (C=N–C) groups is 1. The van der Waals surface area contributed by atoms with Crippen LogP contribution in [0.1, 0.15) is 52.0 Å². The molecular formula is C18H32IN5. The van der Waals surface area contributed by atoms with Gasteiger partial charge in [-0.05, 0) is 38.0 Å². The molecule has 0 radical (unpaired) electrons. The molecule has 2 fully saturated rings. The predicted molar refractivity (Wildman–Crippen MR) is 110 cm³/mol. The van der Waals surface area contributed by atoms with E-state index in [1.165, 1.54) is 32.1 Å². The van der Waals surface area contributed by atoms with Gasteiger partial charge in [-0.1, -0.05) is 19.8 Å². The van der Waals surface area contributed by atoms with E-state index in [2.05, 4.69) is 39.8 Å². The van der Waals surface area contributed by atoms with Crippen LogP contribution in [0, 0.1) is 11.8 Å². The van der Waals surface area contributed by atoms with E-state index < -0.39 is 0 Å². The van der Waals surface area contributed by atoms with Crippen molar-refractivity contribution >= 4 is 29.9 Å². The Bertz CT molecular complexity index is 498. The first-order chi connectivity index (χ1) is 11.3. The van der Waals surface area contributed by atoms with Crippen molar-refractivity contribution in [1.82, 2.24) is 19.8 Å². The molecule has 6 heteroatoms. The molecule has 24 heavy (non-hydrogen) atoms. The van der Waals surface area contributed by atoms with E-state index in [0.717, 1.165) is 38.1 Å². The number of guanidine groups is 1. The highest BCUT2D eigenvalue weighted by Gasteiger charge is 2.28. The first-order valence-electron chi connectivity index (χ1n) is 9.28. The SMILES string of the molecule is CCNC(=NCCCC1CC1)N1CCC(C)C(n2ccnc2)C1.I.